The monoisotopic (exact) mass is 383 g/mol. The second kappa shape index (κ2) is 6.68. The fraction of sp³-hybridized carbons (Fsp3) is 0.0769. The zero-order valence-corrected chi connectivity index (χ0v) is 13.0. The van der Waals surface area contributed by atoms with Crippen molar-refractivity contribution in [3.05, 3.63) is 57.2 Å². The number of pyridine rings is 1. The summed E-state index contributed by atoms with van der Waals surface area (Å²) in [5, 5.41) is 5.54. The molecule has 2 rings (SSSR count). The molecule has 1 aromatic heterocycles. The first-order chi connectivity index (χ1) is 9.15. The van der Waals surface area contributed by atoms with Crippen LogP contribution in [0.15, 0.2) is 51.7 Å². The number of benzene rings is 1. The van der Waals surface area contributed by atoms with Crippen LogP contribution in [0.5, 0.6) is 0 Å². The van der Waals surface area contributed by atoms with Gasteiger partial charge in [0.25, 0.3) is 0 Å². The Hall–Kier alpha value is -1.40. The van der Waals surface area contributed by atoms with Crippen molar-refractivity contribution in [1.82, 2.24) is 10.3 Å². The summed E-state index contributed by atoms with van der Waals surface area (Å²) in [5.41, 5.74) is 1.66. The number of halogens is 2. The molecule has 0 atom stereocenters. The number of rotatable bonds is 3. The number of nitrogens with one attached hydrogen (secondary N) is 2. The van der Waals surface area contributed by atoms with Gasteiger partial charge in [0, 0.05) is 27.9 Å². The van der Waals surface area contributed by atoms with Crippen LogP contribution in [-0.2, 0) is 6.54 Å². The topological polar surface area (TPSA) is 54.0 Å². The van der Waals surface area contributed by atoms with Crippen LogP contribution < -0.4 is 10.6 Å². The zero-order valence-electron chi connectivity index (χ0n) is 9.86. The fourth-order valence-corrected chi connectivity index (χ4v) is 2.15. The summed E-state index contributed by atoms with van der Waals surface area (Å²) >= 11 is 6.74. The number of carbonyl (C=O) groups excluding carboxylic acids is 1. The molecule has 2 N–H and O–H groups in total. The second-order valence-corrected chi connectivity index (χ2v) is 5.56. The number of hydrogen-bond donors (Lipinski definition) is 2. The number of urea groups is 1. The van der Waals surface area contributed by atoms with E-state index in [1.165, 1.54) is 0 Å². The standard InChI is InChI=1S/C13H11Br2N3O/c14-10-3-4-11(15)12(6-10)18-13(19)17-8-9-2-1-5-16-7-9/h1-7H,8H2,(H2,17,18,19). The van der Waals surface area contributed by atoms with Crippen molar-refractivity contribution >= 4 is 43.6 Å². The Morgan fingerprint density at radius 3 is 2.84 bits per heavy atom. The minimum atomic E-state index is -0.261. The Labute approximate surface area is 127 Å². The van der Waals surface area contributed by atoms with Gasteiger partial charge in [-0.2, -0.15) is 0 Å². The number of anilines is 1. The highest BCUT2D eigenvalue weighted by Crippen LogP contribution is 2.25. The van der Waals surface area contributed by atoms with Crippen molar-refractivity contribution in [3.8, 4) is 0 Å². The van der Waals surface area contributed by atoms with Crippen LogP contribution in [0.1, 0.15) is 5.56 Å². The normalized spacial score (nSPS) is 10.0. The molecule has 0 unspecified atom stereocenters. The van der Waals surface area contributed by atoms with Gasteiger partial charge in [-0.05, 0) is 45.8 Å². The molecule has 4 nitrogen and oxygen atoms in total. The highest BCUT2D eigenvalue weighted by atomic mass is 79.9. The molecule has 0 aliphatic rings. The van der Waals surface area contributed by atoms with Crippen molar-refractivity contribution in [1.29, 1.82) is 0 Å². The summed E-state index contributed by atoms with van der Waals surface area (Å²) in [6, 6.07) is 9.06. The van der Waals surface area contributed by atoms with Crippen molar-refractivity contribution in [2.45, 2.75) is 6.54 Å². The van der Waals surface area contributed by atoms with Gasteiger partial charge in [-0.1, -0.05) is 22.0 Å². The van der Waals surface area contributed by atoms with E-state index in [9.17, 15) is 4.79 Å². The molecule has 2 amide bonds. The van der Waals surface area contributed by atoms with Crippen LogP contribution in [0, 0.1) is 0 Å². The Balaban J connectivity index is 1.93. The third-order valence-corrected chi connectivity index (χ3v) is 3.54. The van der Waals surface area contributed by atoms with Crippen LogP contribution in [0.2, 0.25) is 0 Å². The van der Waals surface area contributed by atoms with Gasteiger partial charge in [-0.25, -0.2) is 4.79 Å². The van der Waals surface area contributed by atoms with Crippen molar-refractivity contribution < 1.29 is 4.79 Å². The number of carbonyl (C=O) groups is 1. The van der Waals surface area contributed by atoms with E-state index in [1.54, 1.807) is 12.4 Å². The van der Waals surface area contributed by atoms with Crippen LogP contribution >= 0.6 is 31.9 Å². The molecule has 1 aromatic carbocycles. The fourth-order valence-electron chi connectivity index (χ4n) is 1.44. The summed E-state index contributed by atoms with van der Waals surface area (Å²) < 4.78 is 1.73. The van der Waals surface area contributed by atoms with Gasteiger partial charge in [0.05, 0.1) is 5.69 Å². The molecule has 0 saturated heterocycles. The molecule has 19 heavy (non-hydrogen) atoms. The summed E-state index contributed by atoms with van der Waals surface area (Å²) in [6.45, 7) is 0.436. The quantitative estimate of drug-likeness (QED) is 0.842. The van der Waals surface area contributed by atoms with Crippen LogP contribution in [0.25, 0.3) is 0 Å². The van der Waals surface area contributed by atoms with E-state index in [0.29, 0.717) is 12.2 Å². The van der Waals surface area contributed by atoms with Crippen molar-refractivity contribution in [3.63, 3.8) is 0 Å². The van der Waals surface area contributed by atoms with Gasteiger partial charge >= 0.3 is 6.03 Å². The van der Waals surface area contributed by atoms with Crippen LogP contribution in [0.3, 0.4) is 0 Å². The first-order valence-corrected chi connectivity index (χ1v) is 7.12. The highest BCUT2D eigenvalue weighted by molar-refractivity contribution is 9.11. The summed E-state index contributed by atoms with van der Waals surface area (Å²) in [5.74, 6) is 0. The lowest BCUT2D eigenvalue weighted by atomic mass is 10.3. The van der Waals surface area contributed by atoms with E-state index in [-0.39, 0.29) is 6.03 Å². The number of nitrogens with zero attached hydrogens (tertiary/aromatic N) is 1. The Bertz CT molecular complexity index is 575. The average molecular weight is 385 g/mol. The second-order valence-electron chi connectivity index (χ2n) is 3.79. The van der Waals surface area contributed by atoms with Gasteiger partial charge in [-0.15, -0.1) is 0 Å². The molecule has 0 aliphatic heterocycles. The lowest BCUT2D eigenvalue weighted by molar-refractivity contribution is 0.251. The lowest BCUT2D eigenvalue weighted by Crippen LogP contribution is -2.28. The smallest absolute Gasteiger partial charge is 0.319 e. The molecule has 0 saturated carbocycles. The van der Waals surface area contributed by atoms with E-state index in [2.05, 4.69) is 47.5 Å². The van der Waals surface area contributed by atoms with Gasteiger partial charge in [-0.3, -0.25) is 4.98 Å². The average Bonchev–Trinajstić information content (AvgIpc) is 2.42. The number of aromatic nitrogens is 1. The van der Waals surface area contributed by atoms with E-state index in [0.717, 1.165) is 14.5 Å². The molecule has 6 heteroatoms. The molecule has 0 spiro atoms. The van der Waals surface area contributed by atoms with Crippen LogP contribution in [-0.4, -0.2) is 11.0 Å². The molecular weight excluding hydrogens is 374 g/mol. The summed E-state index contributed by atoms with van der Waals surface area (Å²) in [4.78, 5) is 15.8. The summed E-state index contributed by atoms with van der Waals surface area (Å²) in [7, 11) is 0. The minimum absolute atomic E-state index is 0.261. The number of amides is 2. The third-order valence-electron chi connectivity index (χ3n) is 2.35. The predicted molar refractivity (Wildman–Crippen MR) is 81.9 cm³/mol. The first-order valence-electron chi connectivity index (χ1n) is 5.54. The molecule has 2 aromatic rings. The molecule has 0 aliphatic carbocycles. The minimum Gasteiger partial charge on any atom is -0.334 e. The SMILES string of the molecule is O=C(NCc1cccnc1)Nc1cc(Br)ccc1Br. The Morgan fingerprint density at radius 1 is 1.26 bits per heavy atom. The lowest BCUT2D eigenvalue weighted by Gasteiger charge is -2.09. The molecule has 98 valence electrons. The molecule has 0 bridgehead atoms. The highest BCUT2D eigenvalue weighted by Gasteiger charge is 2.05. The Morgan fingerprint density at radius 2 is 2.11 bits per heavy atom. The number of hydrogen-bond acceptors (Lipinski definition) is 2. The zero-order chi connectivity index (χ0) is 13.7. The van der Waals surface area contributed by atoms with Gasteiger partial charge in [0.2, 0.25) is 0 Å². The summed E-state index contributed by atoms with van der Waals surface area (Å²) in [6.07, 6.45) is 3.41. The van der Waals surface area contributed by atoms with Crippen molar-refractivity contribution in [2.24, 2.45) is 0 Å². The Kier molecular flexibility index (Phi) is 4.93. The molecular formula is C13H11Br2N3O. The van der Waals surface area contributed by atoms with E-state index < -0.39 is 0 Å². The van der Waals surface area contributed by atoms with Crippen LogP contribution in [0.4, 0.5) is 10.5 Å². The third kappa shape index (κ3) is 4.33. The van der Waals surface area contributed by atoms with Gasteiger partial charge in [0.15, 0.2) is 0 Å². The maximum absolute atomic E-state index is 11.8. The van der Waals surface area contributed by atoms with Crippen molar-refractivity contribution in [2.75, 3.05) is 5.32 Å². The molecule has 1 heterocycles. The maximum atomic E-state index is 11.8. The first kappa shape index (κ1) is 14.0. The van der Waals surface area contributed by atoms with Gasteiger partial charge < -0.3 is 10.6 Å². The van der Waals surface area contributed by atoms with E-state index in [1.807, 2.05) is 30.3 Å². The predicted octanol–water partition coefficient (Wildman–Crippen LogP) is 3.93. The van der Waals surface area contributed by atoms with Gasteiger partial charge in [0.1, 0.15) is 0 Å². The maximum Gasteiger partial charge on any atom is 0.319 e. The largest absolute Gasteiger partial charge is 0.334 e. The van der Waals surface area contributed by atoms with E-state index in [4.69, 9.17) is 0 Å². The van der Waals surface area contributed by atoms with E-state index >= 15 is 0 Å². The molecule has 0 radical (unpaired) electrons. The molecule has 0 fully saturated rings.